The summed E-state index contributed by atoms with van der Waals surface area (Å²) in [6.45, 7) is 4.30. The Labute approximate surface area is 118 Å². The molecule has 1 atom stereocenters. The lowest BCUT2D eigenvalue weighted by Crippen LogP contribution is -2.30. The van der Waals surface area contributed by atoms with Crippen molar-refractivity contribution in [2.75, 3.05) is 26.3 Å². The first-order chi connectivity index (χ1) is 9.33. The van der Waals surface area contributed by atoms with E-state index in [0.29, 0.717) is 30.0 Å². The van der Waals surface area contributed by atoms with E-state index >= 15 is 0 Å². The highest BCUT2D eigenvalue weighted by atomic mass is 35.5. The predicted molar refractivity (Wildman–Crippen MR) is 75.2 cm³/mol. The fourth-order valence-corrected chi connectivity index (χ4v) is 2.77. The fourth-order valence-electron chi connectivity index (χ4n) is 2.48. The van der Waals surface area contributed by atoms with E-state index in [9.17, 15) is 0 Å². The number of hydrogen-bond acceptors (Lipinski definition) is 4. The minimum Gasteiger partial charge on any atom is -0.489 e. The highest BCUT2D eigenvalue weighted by Crippen LogP contribution is 2.37. The summed E-state index contributed by atoms with van der Waals surface area (Å²) in [4.78, 5) is 0. The van der Waals surface area contributed by atoms with Gasteiger partial charge in [-0.2, -0.15) is 0 Å². The van der Waals surface area contributed by atoms with Crippen molar-refractivity contribution >= 4 is 11.6 Å². The van der Waals surface area contributed by atoms with Crippen LogP contribution in [0.25, 0.3) is 0 Å². The fraction of sp³-hybridized carbons (Fsp3) is 0.571. The van der Waals surface area contributed by atoms with Gasteiger partial charge in [-0.05, 0) is 30.7 Å². The molecule has 0 saturated carbocycles. The number of halogens is 1. The van der Waals surface area contributed by atoms with E-state index < -0.39 is 0 Å². The molecule has 0 aliphatic carbocycles. The maximum Gasteiger partial charge on any atom is 0.179 e. The van der Waals surface area contributed by atoms with E-state index in [1.165, 1.54) is 6.42 Å². The van der Waals surface area contributed by atoms with Crippen LogP contribution in [0.15, 0.2) is 12.1 Å². The third-order valence-electron chi connectivity index (χ3n) is 3.52. The number of nitrogens with one attached hydrogen (secondary N) is 2. The molecule has 4 nitrogen and oxygen atoms in total. The Kier molecular flexibility index (Phi) is 4.11. The summed E-state index contributed by atoms with van der Waals surface area (Å²) >= 11 is 6.27. The molecular formula is C14H19ClN2O2. The van der Waals surface area contributed by atoms with Gasteiger partial charge in [-0.15, -0.1) is 0 Å². The van der Waals surface area contributed by atoms with Crippen LogP contribution in [0.1, 0.15) is 18.4 Å². The van der Waals surface area contributed by atoms with Crippen LogP contribution >= 0.6 is 11.6 Å². The molecule has 104 valence electrons. The van der Waals surface area contributed by atoms with Gasteiger partial charge in [0.1, 0.15) is 0 Å². The third-order valence-corrected chi connectivity index (χ3v) is 3.80. The van der Waals surface area contributed by atoms with Crippen molar-refractivity contribution in [2.45, 2.75) is 25.4 Å². The van der Waals surface area contributed by atoms with Gasteiger partial charge in [0, 0.05) is 25.6 Å². The molecule has 0 radical (unpaired) electrons. The Morgan fingerprint density at radius 2 is 2.21 bits per heavy atom. The third kappa shape index (κ3) is 3.14. The van der Waals surface area contributed by atoms with Crippen LogP contribution in [-0.2, 0) is 6.54 Å². The molecule has 0 aromatic heterocycles. The molecule has 1 fully saturated rings. The predicted octanol–water partition coefficient (Wildman–Crippen LogP) is 1.95. The second-order valence-electron chi connectivity index (χ2n) is 5.03. The molecule has 1 aromatic rings. The molecule has 1 aromatic carbocycles. The van der Waals surface area contributed by atoms with E-state index in [1.54, 1.807) is 0 Å². The van der Waals surface area contributed by atoms with E-state index in [1.807, 2.05) is 12.1 Å². The van der Waals surface area contributed by atoms with Gasteiger partial charge in [0.2, 0.25) is 0 Å². The molecule has 0 amide bonds. The maximum absolute atomic E-state index is 6.27. The van der Waals surface area contributed by atoms with Crippen LogP contribution in [0.3, 0.4) is 0 Å². The molecule has 2 aliphatic rings. The van der Waals surface area contributed by atoms with Gasteiger partial charge in [0.25, 0.3) is 0 Å². The van der Waals surface area contributed by atoms with Gasteiger partial charge in [-0.25, -0.2) is 0 Å². The van der Waals surface area contributed by atoms with E-state index in [0.717, 1.165) is 37.4 Å². The summed E-state index contributed by atoms with van der Waals surface area (Å²) in [6.07, 6.45) is 2.07. The number of hydrogen-bond donors (Lipinski definition) is 2. The Balaban J connectivity index is 1.71. The minimum absolute atomic E-state index is 0.551. The average Bonchev–Trinajstić information content (AvgIpc) is 2.81. The van der Waals surface area contributed by atoms with Gasteiger partial charge in [0.05, 0.1) is 18.2 Å². The van der Waals surface area contributed by atoms with Crippen molar-refractivity contribution in [1.29, 1.82) is 0 Å². The molecule has 3 rings (SSSR count). The lowest BCUT2D eigenvalue weighted by atomic mass is 10.1. The van der Waals surface area contributed by atoms with Crippen LogP contribution in [0.5, 0.6) is 11.5 Å². The minimum atomic E-state index is 0.551. The van der Waals surface area contributed by atoms with Gasteiger partial charge >= 0.3 is 0 Å². The van der Waals surface area contributed by atoms with Crippen LogP contribution in [-0.4, -0.2) is 32.3 Å². The summed E-state index contributed by atoms with van der Waals surface area (Å²) < 4.78 is 11.3. The van der Waals surface area contributed by atoms with Crippen LogP contribution in [0, 0.1) is 0 Å². The van der Waals surface area contributed by atoms with Crippen molar-refractivity contribution in [1.82, 2.24) is 10.6 Å². The van der Waals surface area contributed by atoms with Crippen molar-refractivity contribution in [3.8, 4) is 11.5 Å². The molecule has 19 heavy (non-hydrogen) atoms. The maximum atomic E-state index is 6.27. The van der Waals surface area contributed by atoms with Gasteiger partial charge in [-0.3, -0.25) is 0 Å². The first kappa shape index (κ1) is 13.0. The summed E-state index contributed by atoms with van der Waals surface area (Å²) in [5.74, 6) is 1.46. The number of fused-ring (bicyclic) bond motifs is 1. The topological polar surface area (TPSA) is 42.5 Å². The van der Waals surface area contributed by atoms with Gasteiger partial charge < -0.3 is 20.1 Å². The van der Waals surface area contributed by atoms with Crippen molar-refractivity contribution in [2.24, 2.45) is 0 Å². The quantitative estimate of drug-likeness (QED) is 0.889. The zero-order valence-corrected chi connectivity index (χ0v) is 11.6. The molecule has 0 bridgehead atoms. The second kappa shape index (κ2) is 5.99. The second-order valence-corrected chi connectivity index (χ2v) is 5.43. The smallest absolute Gasteiger partial charge is 0.179 e. The van der Waals surface area contributed by atoms with Crippen molar-refractivity contribution in [3.63, 3.8) is 0 Å². The summed E-state index contributed by atoms with van der Waals surface area (Å²) in [5, 5.41) is 7.51. The Bertz CT molecular complexity index is 447. The number of rotatable bonds is 3. The summed E-state index contributed by atoms with van der Waals surface area (Å²) in [6, 6.07) is 4.54. The molecule has 5 heteroatoms. The molecule has 2 aliphatic heterocycles. The lowest BCUT2D eigenvalue weighted by Gasteiger charge is -2.14. The van der Waals surface area contributed by atoms with E-state index in [-0.39, 0.29) is 0 Å². The SMILES string of the molecule is Clc1cc(CNC2CCNC2)cc2c1OCCCO2. The highest BCUT2D eigenvalue weighted by molar-refractivity contribution is 6.32. The Morgan fingerprint density at radius 1 is 1.32 bits per heavy atom. The largest absolute Gasteiger partial charge is 0.489 e. The van der Waals surface area contributed by atoms with Gasteiger partial charge in [-0.1, -0.05) is 11.6 Å². The monoisotopic (exact) mass is 282 g/mol. The molecule has 0 spiro atoms. The normalized spacial score (nSPS) is 22.3. The number of benzene rings is 1. The molecule has 2 heterocycles. The first-order valence-corrected chi connectivity index (χ1v) is 7.23. The average molecular weight is 283 g/mol. The van der Waals surface area contributed by atoms with Crippen LogP contribution < -0.4 is 20.1 Å². The first-order valence-electron chi connectivity index (χ1n) is 6.85. The summed E-state index contributed by atoms with van der Waals surface area (Å²) in [7, 11) is 0. The van der Waals surface area contributed by atoms with Crippen molar-refractivity contribution in [3.05, 3.63) is 22.7 Å². The molecular weight excluding hydrogens is 264 g/mol. The van der Waals surface area contributed by atoms with E-state index in [4.69, 9.17) is 21.1 Å². The molecule has 1 saturated heterocycles. The van der Waals surface area contributed by atoms with Crippen LogP contribution in [0.4, 0.5) is 0 Å². The zero-order chi connectivity index (χ0) is 13.1. The molecule has 2 N–H and O–H groups in total. The standard InChI is InChI=1S/C14H19ClN2O2/c15-12-6-10(8-17-11-2-3-16-9-11)7-13-14(12)19-5-1-4-18-13/h6-7,11,16-17H,1-5,8-9H2. The number of ether oxygens (including phenoxy) is 2. The van der Waals surface area contributed by atoms with Gasteiger partial charge in [0.15, 0.2) is 11.5 Å². The van der Waals surface area contributed by atoms with Crippen LogP contribution in [0.2, 0.25) is 5.02 Å². The summed E-state index contributed by atoms with van der Waals surface area (Å²) in [5.41, 5.74) is 1.14. The Morgan fingerprint density at radius 3 is 3.05 bits per heavy atom. The van der Waals surface area contributed by atoms with E-state index in [2.05, 4.69) is 10.6 Å². The molecule has 1 unspecified atom stereocenters. The highest BCUT2D eigenvalue weighted by Gasteiger charge is 2.17. The van der Waals surface area contributed by atoms with Crippen molar-refractivity contribution < 1.29 is 9.47 Å². The zero-order valence-electron chi connectivity index (χ0n) is 10.9. The lowest BCUT2D eigenvalue weighted by molar-refractivity contribution is 0.297. The Hall–Kier alpha value is -0.970.